The second-order valence-corrected chi connectivity index (χ2v) is 9.24. The van der Waals surface area contributed by atoms with Crippen LogP contribution >= 0.6 is 21.6 Å². The predicted octanol–water partition coefficient (Wildman–Crippen LogP) is 4.52. The summed E-state index contributed by atoms with van der Waals surface area (Å²) in [6, 6.07) is 16.8. The maximum Gasteiger partial charge on any atom is 0.102 e. The van der Waals surface area contributed by atoms with Gasteiger partial charge < -0.3 is 11.5 Å². The van der Waals surface area contributed by atoms with Gasteiger partial charge in [0.15, 0.2) is 0 Å². The highest BCUT2D eigenvalue weighted by Crippen LogP contribution is 2.50. The van der Waals surface area contributed by atoms with Crippen molar-refractivity contribution in [1.29, 1.82) is 0 Å². The van der Waals surface area contributed by atoms with Crippen molar-refractivity contribution in [2.75, 3.05) is 0 Å². The molecule has 0 aromatic heterocycles. The molecule has 0 aliphatic heterocycles. The summed E-state index contributed by atoms with van der Waals surface area (Å²) in [5.41, 5.74) is 18.4. The Balaban J connectivity index is 1.54. The largest absolute Gasteiger partial charge is 0.313 e. The van der Waals surface area contributed by atoms with E-state index in [0.717, 1.165) is 12.8 Å². The van der Waals surface area contributed by atoms with E-state index < -0.39 is 9.74 Å². The zero-order valence-corrected chi connectivity index (χ0v) is 14.9. The highest BCUT2D eigenvalue weighted by atomic mass is 33.1. The molecular formula is C20H20N2S2. The fraction of sp³-hybridized carbons (Fsp3) is 0.200. The number of hydrogen-bond acceptors (Lipinski definition) is 4. The Morgan fingerprint density at radius 3 is 2.46 bits per heavy atom. The lowest BCUT2D eigenvalue weighted by Gasteiger charge is -2.36. The lowest BCUT2D eigenvalue weighted by atomic mass is 9.93. The van der Waals surface area contributed by atoms with Crippen LogP contribution in [0.25, 0.3) is 12.2 Å². The molecule has 4 heteroatoms. The lowest BCUT2D eigenvalue weighted by molar-refractivity contribution is 0.665. The van der Waals surface area contributed by atoms with Crippen LogP contribution in [0.1, 0.15) is 28.7 Å². The van der Waals surface area contributed by atoms with E-state index in [1.807, 2.05) is 0 Å². The number of nitrogens with two attached hydrogens (primary N) is 2. The third-order valence-corrected chi connectivity index (χ3v) is 7.98. The molecule has 2 nitrogen and oxygen atoms in total. The summed E-state index contributed by atoms with van der Waals surface area (Å²) in [6.07, 6.45) is 10.2. The second-order valence-electron chi connectivity index (χ2n) is 6.41. The fourth-order valence-electron chi connectivity index (χ4n) is 3.23. The van der Waals surface area contributed by atoms with Crippen LogP contribution in [0.4, 0.5) is 0 Å². The first kappa shape index (κ1) is 16.0. The molecule has 2 aliphatic carbocycles. The Morgan fingerprint density at radius 2 is 1.58 bits per heavy atom. The molecule has 0 spiro atoms. The second kappa shape index (κ2) is 6.12. The summed E-state index contributed by atoms with van der Waals surface area (Å²) in [4.78, 5) is -0.866. The van der Waals surface area contributed by atoms with Crippen molar-refractivity contribution < 1.29 is 0 Å². The van der Waals surface area contributed by atoms with Gasteiger partial charge in [-0.15, -0.1) is 0 Å². The van der Waals surface area contributed by atoms with Gasteiger partial charge in [-0.05, 0) is 28.7 Å². The quantitative estimate of drug-likeness (QED) is 0.630. The van der Waals surface area contributed by atoms with E-state index in [0.29, 0.717) is 0 Å². The van der Waals surface area contributed by atoms with Gasteiger partial charge in [0.1, 0.15) is 4.87 Å². The van der Waals surface area contributed by atoms with Crippen LogP contribution in [0.3, 0.4) is 0 Å². The molecule has 0 bridgehead atoms. The molecule has 24 heavy (non-hydrogen) atoms. The molecule has 0 saturated heterocycles. The Morgan fingerprint density at radius 1 is 0.833 bits per heavy atom. The molecule has 0 saturated carbocycles. The minimum Gasteiger partial charge on any atom is -0.313 e. The van der Waals surface area contributed by atoms with Crippen LogP contribution in [-0.2, 0) is 11.3 Å². The van der Waals surface area contributed by atoms with Gasteiger partial charge in [0.05, 0.1) is 4.87 Å². The van der Waals surface area contributed by atoms with Crippen molar-refractivity contribution in [3.05, 3.63) is 82.9 Å². The van der Waals surface area contributed by atoms with Gasteiger partial charge in [0.2, 0.25) is 0 Å². The zero-order valence-electron chi connectivity index (χ0n) is 13.3. The highest BCUT2D eigenvalue weighted by Gasteiger charge is 2.36. The average Bonchev–Trinajstić information content (AvgIpc) is 2.61. The summed E-state index contributed by atoms with van der Waals surface area (Å²) in [5.74, 6) is 0. The van der Waals surface area contributed by atoms with Crippen molar-refractivity contribution in [2.24, 2.45) is 11.5 Å². The molecule has 0 radical (unpaired) electrons. The maximum atomic E-state index is 6.75. The van der Waals surface area contributed by atoms with Crippen molar-refractivity contribution in [1.82, 2.24) is 0 Å². The van der Waals surface area contributed by atoms with E-state index in [1.54, 1.807) is 21.6 Å². The number of rotatable bonds is 3. The molecular weight excluding hydrogens is 332 g/mol. The molecule has 4 rings (SSSR count). The summed E-state index contributed by atoms with van der Waals surface area (Å²) in [7, 11) is 3.37. The molecule has 0 amide bonds. The Labute approximate surface area is 150 Å². The van der Waals surface area contributed by atoms with E-state index in [9.17, 15) is 0 Å². The molecule has 2 aromatic rings. The topological polar surface area (TPSA) is 52.0 Å². The zero-order chi connectivity index (χ0) is 16.6. The molecule has 0 fully saturated rings. The van der Waals surface area contributed by atoms with Gasteiger partial charge in [-0.1, -0.05) is 94.4 Å². The molecule has 0 heterocycles. The van der Waals surface area contributed by atoms with Gasteiger partial charge >= 0.3 is 0 Å². The summed E-state index contributed by atoms with van der Waals surface area (Å²) < 4.78 is 0. The Bertz CT molecular complexity index is 830. The Kier molecular flexibility index (Phi) is 4.09. The maximum absolute atomic E-state index is 6.75. The average molecular weight is 353 g/mol. The van der Waals surface area contributed by atoms with E-state index in [-0.39, 0.29) is 0 Å². The van der Waals surface area contributed by atoms with Gasteiger partial charge in [-0.25, -0.2) is 0 Å². The highest BCUT2D eigenvalue weighted by molar-refractivity contribution is 8.77. The number of fused-ring (bicyclic) bond motifs is 2. The molecule has 2 atom stereocenters. The molecule has 2 unspecified atom stereocenters. The first-order chi connectivity index (χ1) is 11.6. The number of hydrogen-bond donors (Lipinski definition) is 2. The normalized spacial score (nSPS) is 27.6. The smallest absolute Gasteiger partial charge is 0.102 e. The van der Waals surface area contributed by atoms with Gasteiger partial charge in [0.25, 0.3) is 0 Å². The fourth-order valence-corrected chi connectivity index (χ4v) is 6.04. The van der Waals surface area contributed by atoms with Crippen LogP contribution in [-0.4, -0.2) is 4.87 Å². The van der Waals surface area contributed by atoms with Crippen LogP contribution in [0.5, 0.6) is 0 Å². The summed E-state index contributed by atoms with van der Waals surface area (Å²) in [6.45, 7) is 0. The van der Waals surface area contributed by atoms with E-state index in [1.165, 1.54) is 22.3 Å². The molecule has 4 N–H and O–H groups in total. The molecule has 2 aliphatic rings. The molecule has 2 aromatic carbocycles. The van der Waals surface area contributed by atoms with Crippen LogP contribution in [0.2, 0.25) is 0 Å². The summed E-state index contributed by atoms with van der Waals surface area (Å²) in [5, 5.41) is 0. The first-order valence-corrected chi connectivity index (χ1v) is 10.2. The predicted molar refractivity (Wildman–Crippen MR) is 107 cm³/mol. The van der Waals surface area contributed by atoms with Gasteiger partial charge in [-0.3, -0.25) is 0 Å². The first-order valence-electron chi connectivity index (χ1n) is 8.06. The number of benzene rings is 2. The lowest BCUT2D eigenvalue weighted by Crippen LogP contribution is -2.40. The minimum absolute atomic E-state index is 0.429. The van der Waals surface area contributed by atoms with E-state index >= 15 is 0 Å². The standard InChI is InChI=1S/C20H20N2S2/c21-19(13-11-15-6-1-2-8-17(15)14-19)23-24-20(22)12-5-9-16-7-3-4-10-18(16)20/h1-11,13H,12,14,21-22H2. The van der Waals surface area contributed by atoms with Crippen LogP contribution < -0.4 is 11.5 Å². The van der Waals surface area contributed by atoms with Crippen LogP contribution in [0.15, 0.2) is 60.7 Å². The van der Waals surface area contributed by atoms with Gasteiger partial charge in [-0.2, -0.15) is 0 Å². The minimum atomic E-state index is -0.437. The van der Waals surface area contributed by atoms with Crippen molar-refractivity contribution in [3.8, 4) is 0 Å². The third kappa shape index (κ3) is 2.95. The van der Waals surface area contributed by atoms with Crippen LogP contribution in [0, 0.1) is 0 Å². The summed E-state index contributed by atoms with van der Waals surface area (Å²) >= 11 is 0. The van der Waals surface area contributed by atoms with E-state index in [2.05, 4.69) is 72.8 Å². The Hall–Kier alpha value is -1.46. The SMILES string of the molecule is NC1(SSC2(N)CC=Cc3ccccc32)C=Cc2ccccc2C1. The molecule has 122 valence electrons. The van der Waals surface area contributed by atoms with E-state index in [4.69, 9.17) is 11.5 Å². The van der Waals surface area contributed by atoms with Crippen molar-refractivity contribution >= 4 is 33.7 Å². The monoisotopic (exact) mass is 352 g/mol. The van der Waals surface area contributed by atoms with Crippen molar-refractivity contribution in [2.45, 2.75) is 22.6 Å². The van der Waals surface area contributed by atoms with Gasteiger partial charge in [0, 0.05) is 6.42 Å². The third-order valence-electron chi connectivity index (χ3n) is 4.55. The van der Waals surface area contributed by atoms with Crippen molar-refractivity contribution in [3.63, 3.8) is 0 Å².